The fourth-order valence-corrected chi connectivity index (χ4v) is 5.04. The quantitative estimate of drug-likeness (QED) is 0.896. The number of likely N-dealkylation sites (tertiary alicyclic amines) is 1. The topological polar surface area (TPSA) is 58.6 Å². The average Bonchev–Trinajstić information content (AvgIpc) is 2.85. The lowest BCUT2D eigenvalue weighted by Gasteiger charge is -2.22. The van der Waals surface area contributed by atoms with Gasteiger partial charge in [-0.05, 0) is 30.5 Å². The number of hydrogen-bond donors (Lipinski definition) is 1. The summed E-state index contributed by atoms with van der Waals surface area (Å²) in [5.41, 5.74) is 1.27. The number of nitrogens with zero attached hydrogens (tertiary/aromatic N) is 1. The van der Waals surface area contributed by atoms with Gasteiger partial charge in [-0.2, -0.15) is 0 Å². The summed E-state index contributed by atoms with van der Waals surface area (Å²) in [6.07, 6.45) is 1.40. The molecule has 0 aliphatic carbocycles. The van der Waals surface area contributed by atoms with Crippen molar-refractivity contribution in [1.29, 1.82) is 0 Å². The summed E-state index contributed by atoms with van der Waals surface area (Å²) in [6.45, 7) is 2.61. The normalized spacial score (nSPS) is 25.8. The summed E-state index contributed by atoms with van der Waals surface area (Å²) in [5, 5.41) is 0. The molecular weight excluding hydrogens is 336 g/mol. The molecule has 1 N–H and O–H groups in total. The van der Waals surface area contributed by atoms with Crippen LogP contribution in [0.1, 0.15) is 18.4 Å². The fourth-order valence-electron chi connectivity index (χ4n) is 3.60. The van der Waals surface area contributed by atoms with Gasteiger partial charge in [0.05, 0.1) is 6.04 Å². The predicted octanol–water partition coefficient (Wildman–Crippen LogP) is 2.39. The molecule has 1 saturated heterocycles. The van der Waals surface area contributed by atoms with Gasteiger partial charge in [0.15, 0.2) is 0 Å². The van der Waals surface area contributed by atoms with Gasteiger partial charge in [-0.25, -0.2) is 13.1 Å². The van der Waals surface area contributed by atoms with Gasteiger partial charge in [0, 0.05) is 19.6 Å². The van der Waals surface area contributed by atoms with E-state index in [1.54, 1.807) is 18.2 Å². The highest BCUT2D eigenvalue weighted by Crippen LogP contribution is 2.31. The van der Waals surface area contributed by atoms with Gasteiger partial charge < -0.3 is 4.74 Å². The van der Waals surface area contributed by atoms with E-state index < -0.39 is 10.0 Å². The molecule has 1 fully saturated rings. The van der Waals surface area contributed by atoms with Crippen molar-refractivity contribution < 1.29 is 13.2 Å². The number of rotatable bonds is 2. The summed E-state index contributed by atoms with van der Waals surface area (Å²) < 4.78 is 34.2. The van der Waals surface area contributed by atoms with Crippen molar-refractivity contribution >= 4 is 10.0 Å². The van der Waals surface area contributed by atoms with Gasteiger partial charge >= 0.3 is 0 Å². The van der Waals surface area contributed by atoms with E-state index in [2.05, 4.69) is 21.8 Å². The van der Waals surface area contributed by atoms with Crippen LogP contribution in [0.4, 0.5) is 0 Å². The number of fused-ring (bicyclic) bond motifs is 2. The number of ether oxygens (including phenoxy) is 1. The van der Waals surface area contributed by atoms with E-state index >= 15 is 0 Å². The SMILES string of the molecule is O=S1(=O)N[C@H]2CCN(Cc3ccccc3)CC[C@@H]2Oc2ccccc21. The van der Waals surface area contributed by atoms with Crippen LogP contribution in [0.25, 0.3) is 0 Å². The largest absolute Gasteiger partial charge is 0.487 e. The van der Waals surface area contributed by atoms with Crippen LogP contribution in [0.2, 0.25) is 0 Å². The summed E-state index contributed by atoms with van der Waals surface area (Å²) in [6, 6.07) is 17.0. The van der Waals surface area contributed by atoms with Gasteiger partial charge in [-0.1, -0.05) is 42.5 Å². The van der Waals surface area contributed by atoms with Crippen molar-refractivity contribution in [2.75, 3.05) is 13.1 Å². The van der Waals surface area contributed by atoms with E-state index in [1.807, 2.05) is 24.3 Å². The molecule has 0 amide bonds. The first kappa shape index (κ1) is 16.6. The predicted molar refractivity (Wildman–Crippen MR) is 95.9 cm³/mol. The maximum Gasteiger partial charge on any atom is 0.244 e. The van der Waals surface area contributed by atoms with Gasteiger partial charge in [-0.15, -0.1) is 0 Å². The summed E-state index contributed by atoms with van der Waals surface area (Å²) >= 11 is 0. The first-order chi connectivity index (χ1) is 12.1. The molecular formula is C19H22N2O3S. The van der Waals surface area contributed by atoms with E-state index in [4.69, 9.17) is 4.74 Å². The van der Waals surface area contributed by atoms with Crippen LogP contribution >= 0.6 is 0 Å². The van der Waals surface area contributed by atoms with Crippen molar-refractivity contribution in [2.45, 2.75) is 36.4 Å². The maximum atomic E-state index is 12.6. The van der Waals surface area contributed by atoms with Crippen LogP contribution in [-0.2, 0) is 16.6 Å². The summed E-state index contributed by atoms with van der Waals surface area (Å²) in [4.78, 5) is 2.61. The number of sulfonamides is 1. The Morgan fingerprint density at radius 2 is 1.72 bits per heavy atom. The fraction of sp³-hybridized carbons (Fsp3) is 0.368. The monoisotopic (exact) mass is 358 g/mol. The second-order valence-electron chi connectivity index (χ2n) is 6.67. The van der Waals surface area contributed by atoms with E-state index in [0.717, 1.165) is 32.5 Å². The van der Waals surface area contributed by atoms with E-state index in [0.29, 0.717) is 5.75 Å². The number of nitrogens with one attached hydrogen (secondary N) is 1. The molecule has 2 aliphatic heterocycles. The van der Waals surface area contributed by atoms with Crippen LogP contribution in [0.15, 0.2) is 59.5 Å². The van der Waals surface area contributed by atoms with E-state index in [-0.39, 0.29) is 17.0 Å². The Balaban J connectivity index is 1.53. The lowest BCUT2D eigenvalue weighted by Crippen LogP contribution is -2.43. The molecule has 0 aromatic heterocycles. The minimum Gasteiger partial charge on any atom is -0.487 e. The Morgan fingerprint density at radius 1 is 1.00 bits per heavy atom. The maximum absolute atomic E-state index is 12.6. The third kappa shape index (κ3) is 3.56. The lowest BCUT2D eigenvalue weighted by molar-refractivity contribution is 0.156. The second kappa shape index (κ2) is 6.78. The molecule has 2 aromatic carbocycles. The van der Waals surface area contributed by atoms with Gasteiger partial charge in [0.25, 0.3) is 0 Å². The molecule has 132 valence electrons. The van der Waals surface area contributed by atoms with E-state index in [1.165, 1.54) is 5.56 Å². The Labute approximate surface area is 148 Å². The number of para-hydroxylation sites is 1. The van der Waals surface area contributed by atoms with Crippen LogP contribution < -0.4 is 9.46 Å². The Bertz CT molecular complexity index is 839. The molecule has 4 rings (SSSR count). The minimum absolute atomic E-state index is 0.140. The average molecular weight is 358 g/mol. The first-order valence-corrected chi connectivity index (χ1v) is 10.1. The Hall–Kier alpha value is -1.89. The molecule has 5 nitrogen and oxygen atoms in total. The summed E-state index contributed by atoms with van der Waals surface area (Å²) in [7, 11) is -3.53. The lowest BCUT2D eigenvalue weighted by atomic mass is 10.1. The van der Waals surface area contributed by atoms with Crippen molar-refractivity contribution in [2.24, 2.45) is 0 Å². The Morgan fingerprint density at radius 3 is 2.56 bits per heavy atom. The molecule has 25 heavy (non-hydrogen) atoms. The van der Waals surface area contributed by atoms with Gasteiger partial charge in [-0.3, -0.25) is 4.90 Å². The molecule has 2 atom stereocenters. The smallest absolute Gasteiger partial charge is 0.244 e. The molecule has 2 aliphatic rings. The van der Waals surface area contributed by atoms with Crippen LogP contribution in [-0.4, -0.2) is 38.6 Å². The zero-order chi connectivity index (χ0) is 17.3. The van der Waals surface area contributed by atoms with Crippen molar-refractivity contribution in [3.63, 3.8) is 0 Å². The second-order valence-corrected chi connectivity index (χ2v) is 8.35. The molecule has 2 aromatic rings. The Kier molecular flexibility index (Phi) is 4.50. The third-order valence-corrected chi connectivity index (χ3v) is 6.44. The minimum atomic E-state index is -3.53. The molecule has 0 unspecified atom stereocenters. The molecule has 2 heterocycles. The number of hydrogen-bond acceptors (Lipinski definition) is 4. The van der Waals surface area contributed by atoms with E-state index in [9.17, 15) is 8.42 Å². The molecule has 0 saturated carbocycles. The summed E-state index contributed by atoms with van der Waals surface area (Å²) in [5.74, 6) is 0.457. The van der Waals surface area contributed by atoms with Gasteiger partial charge in [0.2, 0.25) is 10.0 Å². The van der Waals surface area contributed by atoms with Crippen LogP contribution in [0.3, 0.4) is 0 Å². The highest BCUT2D eigenvalue weighted by Gasteiger charge is 2.36. The number of benzene rings is 2. The first-order valence-electron chi connectivity index (χ1n) is 8.66. The molecule has 0 radical (unpaired) electrons. The molecule has 0 spiro atoms. The van der Waals surface area contributed by atoms with Gasteiger partial charge in [0.1, 0.15) is 16.7 Å². The highest BCUT2D eigenvalue weighted by molar-refractivity contribution is 7.89. The van der Waals surface area contributed by atoms with Crippen LogP contribution in [0.5, 0.6) is 5.75 Å². The van der Waals surface area contributed by atoms with Crippen LogP contribution in [0, 0.1) is 0 Å². The standard InChI is InChI=1S/C19H22N2O3S/c22-25(23)19-9-5-4-8-18(19)24-17-11-13-21(12-10-16(17)20-25)14-15-6-2-1-3-7-15/h1-9,16-17,20H,10-14H2/t16-,17-/m0/s1. The highest BCUT2D eigenvalue weighted by atomic mass is 32.2. The van der Waals surface area contributed by atoms with Crippen molar-refractivity contribution in [3.8, 4) is 5.75 Å². The van der Waals surface area contributed by atoms with Crippen molar-refractivity contribution in [1.82, 2.24) is 9.62 Å². The zero-order valence-corrected chi connectivity index (χ0v) is 14.8. The third-order valence-electron chi connectivity index (χ3n) is 4.91. The zero-order valence-electron chi connectivity index (χ0n) is 14.0. The van der Waals surface area contributed by atoms with Crippen molar-refractivity contribution in [3.05, 3.63) is 60.2 Å². The molecule has 6 heteroatoms. The molecule has 0 bridgehead atoms.